The van der Waals surface area contributed by atoms with Crippen LogP contribution in [0.1, 0.15) is 48.4 Å². The maximum absolute atomic E-state index is 10.9. The molecule has 31 heavy (non-hydrogen) atoms. The number of carboxylic acids is 1. The second kappa shape index (κ2) is 8.75. The van der Waals surface area contributed by atoms with Gasteiger partial charge in [0.2, 0.25) is 0 Å². The first kappa shape index (κ1) is 21.4. The molecule has 164 valence electrons. The lowest BCUT2D eigenvalue weighted by Crippen LogP contribution is -2.42. The number of ether oxygens (including phenoxy) is 3. The van der Waals surface area contributed by atoms with Crippen molar-refractivity contribution < 1.29 is 24.1 Å². The lowest BCUT2D eigenvalue weighted by molar-refractivity contribution is -0.255. The molecule has 1 aliphatic carbocycles. The van der Waals surface area contributed by atoms with Gasteiger partial charge in [-0.25, -0.2) is 0 Å². The number of methoxy groups -OCH3 is 1. The average Bonchev–Trinajstić information content (AvgIpc) is 2.76. The highest BCUT2D eigenvalue weighted by Gasteiger charge is 2.43. The molecule has 5 nitrogen and oxygen atoms in total. The summed E-state index contributed by atoms with van der Waals surface area (Å²) in [6.07, 6.45) is 2.42. The SMILES string of the molecule is COc1cc([C@H]2OC[C@H]3[C@@H](C)[C@@H]2C(C)=C[C@@H]3C)ccc1OCc1ccc(C(=O)[O-])cc1. The fourth-order valence-corrected chi connectivity index (χ4v) is 5.13. The second-order valence-corrected chi connectivity index (χ2v) is 8.76. The van der Waals surface area contributed by atoms with Gasteiger partial charge in [-0.2, -0.15) is 0 Å². The van der Waals surface area contributed by atoms with Crippen LogP contribution < -0.4 is 14.6 Å². The molecule has 5 atom stereocenters. The summed E-state index contributed by atoms with van der Waals surface area (Å²) in [7, 11) is 1.63. The number of carboxylic acid groups (broad SMARTS) is 1. The number of hydrogen-bond donors (Lipinski definition) is 0. The first-order valence-electron chi connectivity index (χ1n) is 10.8. The van der Waals surface area contributed by atoms with Gasteiger partial charge in [0.1, 0.15) is 6.61 Å². The van der Waals surface area contributed by atoms with Gasteiger partial charge in [0.05, 0.1) is 25.8 Å². The van der Waals surface area contributed by atoms with Gasteiger partial charge in [-0.05, 0) is 53.5 Å². The molecule has 0 saturated carbocycles. The quantitative estimate of drug-likeness (QED) is 0.655. The van der Waals surface area contributed by atoms with Gasteiger partial charge in [0, 0.05) is 5.92 Å². The Kier molecular flexibility index (Phi) is 6.05. The summed E-state index contributed by atoms with van der Waals surface area (Å²) < 4.78 is 17.9. The number of hydrogen-bond acceptors (Lipinski definition) is 5. The third-order valence-electron chi connectivity index (χ3n) is 6.86. The van der Waals surface area contributed by atoms with E-state index >= 15 is 0 Å². The highest BCUT2D eigenvalue weighted by Crippen LogP contribution is 2.50. The molecule has 1 saturated heterocycles. The van der Waals surface area contributed by atoms with E-state index in [1.54, 1.807) is 19.2 Å². The van der Waals surface area contributed by atoms with Gasteiger partial charge >= 0.3 is 0 Å². The van der Waals surface area contributed by atoms with Crippen LogP contribution in [0.3, 0.4) is 0 Å². The Bertz CT molecular complexity index is 978. The normalized spacial score (nSPS) is 27.4. The molecule has 0 aromatic heterocycles. The van der Waals surface area contributed by atoms with E-state index in [4.69, 9.17) is 14.2 Å². The van der Waals surface area contributed by atoms with E-state index in [0.717, 1.165) is 17.7 Å². The van der Waals surface area contributed by atoms with Gasteiger partial charge < -0.3 is 24.1 Å². The molecule has 1 fully saturated rings. The topological polar surface area (TPSA) is 67.8 Å². The number of rotatable bonds is 6. The van der Waals surface area contributed by atoms with Crippen LogP contribution in [0.2, 0.25) is 0 Å². The second-order valence-electron chi connectivity index (χ2n) is 8.76. The van der Waals surface area contributed by atoms with E-state index in [9.17, 15) is 9.90 Å². The van der Waals surface area contributed by atoms with E-state index in [-0.39, 0.29) is 11.7 Å². The molecule has 2 aromatic rings. The van der Waals surface area contributed by atoms with Crippen molar-refractivity contribution in [3.8, 4) is 11.5 Å². The van der Waals surface area contributed by atoms with Crippen LogP contribution >= 0.6 is 0 Å². The van der Waals surface area contributed by atoms with Crippen LogP contribution in [0.5, 0.6) is 11.5 Å². The molecule has 4 rings (SSSR count). The Morgan fingerprint density at radius 1 is 1.13 bits per heavy atom. The van der Waals surface area contributed by atoms with Crippen molar-refractivity contribution in [2.75, 3.05) is 13.7 Å². The Hall–Kier alpha value is -2.79. The molecule has 1 aliphatic heterocycles. The Labute approximate surface area is 183 Å². The number of carbonyl (C=O) groups excluding carboxylic acids is 1. The van der Waals surface area contributed by atoms with E-state index in [1.165, 1.54) is 17.7 Å². The fourth-order valence-electron chi connectivity index (χ4n) is 5.13. The zero-order valence-electron chi connectivity index (χ0n) is 18.5. The van der Waals surface area contributed by atoms with Crippen molar-refractivity contribution in [3.05, 3.63) is 70.8 Å². The van der Waals surface area contributed by atoms with Crippen LogP contribution in [-0.2, 0) is 11.3 Å². The summed E-state index contributed by atoms with van der Waals surface area (Å²) in [5, 5.41) is 10.9. The maximum Gasteiger partial charge on any atom is 0.161 e. The number of benzene rings is 2. The number of aromatic carboxylic acids is 1. The summed E-state index contributed by atoms with van der Waals surface area (Å²) in [4.78, 5) is 10.9. The highest BCUT2D eigenvalue weighted by atomic mass is 16.5. The first-order valence-corrected chi connectivity index (χ1v) is 10.8. The summed E-state index contributed by atoms with van der Waals surface area (Å²) in [6, 6.07) is 12.5. The lowest BCUT2D eigenvalue weighted by atomic mass is 9.64. The molecular weight excluding hydrogens is 392 g/mol. The van der Waals surface area contributed by atoms with Crippen LogP contribution in [0.25, 0.3) is 0 Å². The molecule has 0 N–H and O–H groups in total. The lowest BCUT2D eigenvalue weighted by Gasteiger charge is -2.47. The third-order valence-corrected chi connectivity index (χ3v) is 6.86. The Morgan fingerprint density at radius 3 is 2.55 bits per heavy atom. The van der Waals surface area contributed by atoms with Gasteiger partial charge in [-0.15, -0.1) is 0 Å². The summed E-state index contributed by atoms with van der Waals surface area (Å²) in [5.74, 6) is 2.18. The number of allylic oxidation sites excluding steroid dienone is 1. The predicted octanol–water partition coefficient (Wildman–Crippen LogP) is 4.17. The average molecular weight is 422 g/mol. The van der Waals surface area contributed by atoms with Gasteiger partial charge in [0.25, 0.3) is 0 Å². The zero-order chi connectivity index (χ0) is 22.1. The van der Waals surface area contributed by atoms with Crippen molar-refractivity contribution in [2.24, 2.45) is 23.7 Å². The van der Waals surface area contributed by atoms with Crippen LogP contribution in [0.4, 0.5) is 0 Å². The summed E-state index contributed by atoms with van der Waals surface area (Å²) in [5.41, 5.74) is 3.51. The molecule has 2 aliphatic rings. The molecule has 0 unspecified atom stereocenters. The Morgan fingerprint density at radius 2 is 1.87 bits per heavy atom. The van der Waals surface area contributed by atoms with Crippen LogP contribution in [-0.4, -0.2) is 19.7 Å². The Balaban J connectivity index is 1.52. The van der Waals surface area contributed by atoms with E-state index in [1.807, 2.05) is 12.1 Å². The van der Waals surface area contributed by atoms with Crippen molar-refractivity contribution in [1.82, 2.24) is 0 Å². The fraction of sp³-hybridized carbons (Fsp3) is 0.423. The minimum atomic E-state index is -1.19. The van der Waals surface area contributed by atoms with E-state index in [0.29, 0.717) is 41.8 Å². The van der Waals surface area contributed by atoms with Crippen molar-refractivity contribution in [3.63, 3.8) is 0 Å². The number of fused-ring (bicyclic) bond motifs is 2. The summed E-state index contributed by atoms with van der Waals surface area (Å²) in [6.45, 7) is 7.93. The van der Waals surface area contributed by atoms with Gasteiger partial charge in [-0.3, -0.25) is 0 Å². The van der Waals surface area contributed by atoms with Crippen molar-refractivity contribution in [1.29, 1.82) is 0 Å². The molecule has 2 bridgehead atoms. The van der Waals surface area contributed by atoms with Crippen LogP contribution in [0.15, 0.2) is 54.1 Å². The molecule has 0 amide bonds. The van der Waals surface area contributed by atoms with Gasteiger partial charge in [-0.1, -0.05) is 55.8 Å². The van der Waals surface area contributed by atoms with E-state index in [2.05, 4.69) is 32.9 Å². The smallest absolute Gasteiger partial charge is 0.161 e. The monoisotopic (exact) mass is 421 g/mol. The minimum Gasteiger partial charge on any atom is -0.545 e. The predicted molar refractivity (Wildman–Crippen MR) is 116 cm³/mol. The molecule has 0 radical (unpaired) electrons. The van der Waals surface area contributed by atoms with Crippen molar-refractivity contribution in [2.45, 2.75) is 33.5 Å². The van der Waals surface area contributed by atoms with Crippen molar-refractivity contribution >= 4 is 5.97 Å². The number of carbonyl (C=O) groups is 1. The first-order chi connectivity index (χ1) is 14.9. The third kappa shape index (κ3) is 4.19. The maximum atomic E-state index is 10.9. The molecule has 0 spiro atoms. The molecular formula is C26H29O5-. The van der Waals surface area contributed by atoms with Gasteiger partial charge in [0.15, 0.2) is 11.5 Å². The molecule has 2 aromatic carbocycles. The molecule has 1 heterocycles. The zero-order valence-corrected chi connectivity index (χ0v) is 18.5. The standard InChI is InChI=1S/C26H30O5/c1-15-11-16(2)24-17(3)21(15)14-31-25(24)20-9-10-22(23(12-20)29-4)30-13-18-5-7-19(8-6-18)26(27)28/h5-12,15,17,21,24-25H,13-14H2,1-4H3,(H,27,28)/p-1/t15-,17+,21+,24-,25+/m0/s1. The van der Waals surface area contributed by atoms with Crippen LogP contribution in [0, 0.1) is 23.7 Å². The summed E-state index contributed by atoms with van der Waals surface area (Å²) >= 11 is 0. The highest BCUT2D eigenvalue weighted by molar-refractivity contribution is 5.85. The van der Waals surface area contributed by atoms with E-state index < -0.39 is 5.97 Å². The molecule has 5 heteroatoms. The minimum absolute atomic E-state index is 0.00937. The largest absolute Gasteiger partial charge is 0.545 e.